The standard InChI is InChI=1S/C12H8ClNS/c13-12-6-4-10-8-9(2-1-7-15)3-5-11(10)14-12/h3-6,8,15H,7H2. The fraction of sp³-hybridized carbons (Fsp3) is 0.0833. The van der Waals surface area contributed by atoms with Crippen molar-refractivity contribution in [1.82, 2.24) is 4.98 Å². The van der Waals surface area contributed by atoms with Crippen LogP contribution >= 0.6 is 24.2 Å². The van der Waals surface area contributed by atoms with Gasteiger partial charge in [0.05, 0.1) is 11.3 Å². The van der Waals surface area contributed by atoms with Crippen molar-refractivity contribution in [3.63, 3.8) is 0 Å². The van der Waals surface area contributed by atoms with E-state index < -0.39 is 0 Å². The monoisotopic (exact) mass is 233 g/mol. The van der Waals surface area contributed by atoms with E-state index in [0.717, 1.165) is 16.5 Å². The minimum absolute atomic E-state index is 0.511. The largest absolute Gasteiger partial charge is 0.236 e. The van der Waals surface area contributed by atoms with E-state index in [-0.39, 0.29) is 0 Å². The van der Waals surface area contributed by atoms with Crippen LogP contribution in [-0.2, 0) is 0 Å². The average molecular weight is 234 g/mol. The molecule has 1 nitrogen and oxygen atoms in total. The summed E-state index contributed by atoms with van der Waals surface area (Å²) in [4.78, 5) is 4.20. The molecule has 0 atom stereocenters. The second kappa shape index (κ2) is 4.57. The summed E-state index contributed by atoms with van der Waals surface area (Å²) in [6.45, 7) is 0. The Morgan fingerprint density at radius 3 is 2.93 bits per heavy atom. The van der Waals surface area contributed by atoms with Gasteiger partial charge >= 0.3 is 0 Å². The summed E-state index contributed by atoms with van der Waals surface area (Å²) in [7, 11) is 0. The Labute approximate surface area is 98.9 Å². The molecule has 0 aliphatic carbocycles. The second-order valence-corrected chi connectivity index (χ2v) is 3.70. The van der Waals surface area contributed by atoms with Crippen LogP contribution in [0, 0.1) is 11.8 Å². The van der Waals surface area contributed by atoms with Crippen LogP contribution < -0.4 is 0 Å². The highest BCUT2D eigenvalue weighted by molar-refractivity contribution is 7.80. The normalized spacial score (nSPS) is 9.73. The first-order chi connectivity index (χ1) is 7.29. The molecule has 0 unspecified atom stereocenters. The first kappa shape index (κ1) is 10.4. The van der Waals surface area contributed by atoms with Gasteiger partial charge in [0.2, 0.25) is 0 Å². The molecule has 3 heteroatoms. The quantitative estimate of drug-likeness (QED) is 0.419. The van der Waals surface area contributed by atoms with Gasteiger partial charge in [0.25, 0.3) is 0 Å². The summed E-state index contributed by atoms with van der Waals surface area (Å²) in [6, 6.07) is 9.57. The molecule has 1 heterocycles. The second-order valence-electron chi connectivity index (χ2n) is 3.00. The van der Waals surface area contributed by atoms with Crippen LogP contribution in [0.4, 0.5) is 0 Å². The van der Waals surface area contributed by atoms with E-state index in [0.29, 0.717) is 10.9 Å². The van der Waals surface area contributed by atoms with Gasteiger partial charge in [-0.2, -0.15) is 12.6 Å². The molecule has 0 bridgehead atoms. The van der Waals surface area contributed by atoms with Crippen LogP contribution in [-0.4, -0.2) is 10.7 Å². The van der Waals surface area contributed by atoms with E-state index in [1.54, 1.807) is 6.07 Å². The Morgan fingerprint density at radius 2 is 2.13 bits per heavy atom. The Kier molecular flexibility index (Phi) is 3.15. The van der Waals surface area contributed by atoms with Gasteiger partial charge < -0.3 is 0 Å². The van der Waals surface area contributed by atoms with Gasteiger partial charge in [-0.1, -0.05) is 23.4 Å². The highest BCUT2D eigenvalue weighted by Crippen LogP contribution is 2.16. The number of halogens is 1. The molecule has 0 saturated carbocycles. The van der Waals surface area contributed by atoms with Gasteiger partial charge in [-0.3, -0.25) is 0 Å². The molecule has 0 amide bonds. The minimum atomic E-state index is 0.511. The molecule has 74 valence electrons. The molecule has 0 spiro atoms. The van der Waals surface area contributed by atoms with Crippen molar-refractivity contribution in [3.05, 3.63) is 41.0 Å². The number of pyridine rings is 1. The first-order valence-electron chi connectivity index (χ1n) is 4.45. The number of hydrogen-bond donors (Lipinski definition) is 1. The van der Waals surface area contributed by atoms with Gasteiger partial charge in [-0.05, 0) is 30.3 Å². The maximum atomic E-state index is 5.79. The molecule has 2 aromatic rings. The number of hydrogen-bond acceptors (Lipinski definition) is 2. The lowest BCUT2D eigenvalue weighted by Crippen LogP contribution is -1.81. The SMILES string of the molecule is SCC#Cc1ccc2nc(Cl)ccc2c1. The fourth-order valence-corrected chi connectivity index (χ4v) is 1.55. The summed E-state index contributed by atoms with van der Waals surface area (Å²) >= 11 is 9.83. The van der Waals surface area contributed by atoms with Crippen molar-refractivity contribution >= 4 is 35.1 Å². The lowest BCUT2D eigenvalue weighted by Gasteiger charge is -1.98. The number of benzene rings is 1. The Bertz CT molecular complexity index is 554. The van der Waals surface area contributed by atoms with Crippen molar-refractivity contribution in [2.24, 2.45) is 0 Å². The van der Waals surface area contributed by atoms with Gasteiger partial charge in [0.15, 0.2) is 0 Å². The summed E-state index contributed by atoms with van der Waals surface area (Å²) in [5, 5.41) is 1.56. The maximum absolute atomic E-state index is 5.79. The summed E-state index contributed by atoms with van der Waals surface area (Å²) in [5.74, 6) is 6.49. The van der Waals surface area contributed by atoms with Gasteiger partial charge in [-0.15, -0.1) is 0 Å². The van der Waals surface area contributed by atoms with Crippen LogP contribution in [0.3, 0.4) is 0 Å². The van der Waals surface area contributed by atoms with Crippen LogP contribution in [0.1, 0.15) is 5.56 Å². The zero-order chi connectivity index (χ0) is 10.7. The smallest absolute Gasteiger partial charge is 0.129 e. The molecule has 0 aliphatic rings. The van der Waals surface area contributed by atoms with E-state index in [9.17, 15) is 0 Å². The molecule has 1 aromatic heterocycles. The Hall–Kier alpha value is -1.17. The zero-order valence-electron chi connectivity index (χ0n) is 7.87. The first-order valence-corrected chi connectivity index (χ1v) is 5.47. The number of aromatic nitrogens is 1. The van der Waals surface area contributed by atoms with E-state index in [4.69, 9.17) is 11.6 Å². The topological polar surface area (TPSA) is 12.9 Å². The van der Waals surface area contributed by atoms with Crippen molar-refractivity contribution in [2.45, 2.75) is 0 Å². The third-order valence-corrected chi connectivity index (χ3v) is 2.34. The van der Waals surface area contributed by atoms with E-state index in [1.807, 2.05) is 24.3 Å². The molecule has 0 aliphatic heterocycles. The van der Waals surface area contributed by atoms with Crippen LogP contribution in [0.15, 0.2) is 30.3 Å². The van der Waals surface area contributed by atoms with Crippen molar-refractivity contribution in [2.75, 3.05) is 5.75 Å². The zero-order valence-corrected chi connectivity index (χ0v) is 9.52. The molecule has 1 aromatic carbocycles. The van der Waals surface area contributed by atoms with Gasteiger partial charge in [0, 0.05) is 10.9 Å². The van der Waals surface area contributed by atoms with E-state index >= 15 is 0 Å². The van der Waals surface area contributed by atoms with Crippen LogP contribution in [0.5, 0.6) is 0 Å². The molecule has 0 saturated heterocycles. The highest BCUT2D eigenvalue weighted by atomic mass is 35.5. The molecule has 0 fully saturated rings. The number of nitrogens with zero attached hydrogens (tertiary/aromatic N) is 1. The average Bonchev–Trinajstić information content (AvgIpc) is 2.26. The third kappa shape index (κ3) is 2.44. The number of rotatable bonds is 0. The molecule has 0 radical (unpaired) electrons. The Morgan fingerprint density at radius 1 is 1.27 bits per heavy atom. The predicted molar refractivity (Wildman–Crippen MR) is 67.5 cm³/mol. The van der Waals surface area contributed by atoms with Crippen molar-refractivity contribution in [3.8, 4) is 11.8 Å². The van der Waals surface area contributed by atoms with Crippen LogP contribution in [0.2, 0.25) is 5.15 Å². The third-order valence-electron chi connectivity index (χ3n) is 1.97. The Balaban J connectivity index is 2.52. The summed E-state index contributed by atoms with van der Waals surface area (Å²) in [5.41, 5.74) is 1.86. The lowest BCUT2D eigenvalue weighted by atomic mass is 10.1. The predicted octanol–water partition coefficient (Wildman–Crippen LogP) is 3.17. The van der Waals surface area contributed by atoms with E-state index in [2.05, 4.69) is 29.5 Å². The van der Waals surface area contributed by atoms with Gasteiger partial charge in [0.1, 0.15) is 5.15 Å². The fourth-order valence-electron chi connectivity index (χ4n) is 1.32. The van der Waals surface area contributed by atoms with Crippen LogP contribution in [0.25, 0.3) is 10.9 Å². The summed E-state index contributed by atoms with van der Waals surface area (Å²) in [6.07, 6.45) is 0. The molecular formula is C12H8ClNS. The maximum Gasteiger partial charge on any atom is 0.129 e. The van der Waals surface area contributed by atoms with Crippen molar-refractivity contribution < 1.29 is 0 Å². The number of fused-ring (bicyclic) bond motifs is 1. The molecule has 2 rings (SSSR count). The molecular weight excluding hydrogens is 226 g/mol. The van der Waals surface area contributed by atoms with E-state index in [1.165, 1.54) is 0 Å². The van der Waals surface area contributed by atoms with Gasteiger partial charge in [-0.25, -0.2) is 4.98 Å². The van der Waals surface area contributed by atoms with Crippen molar-refractivity contribution in [1.29, 1.82) is 0 Å². The highest BCUT2D eigenvalue weighted by Gasteiger charge is 1.96. The molecule has 15 heavy (non-hydrogen) atoms. The lowest BCUT2D eigenvalue weighted by molar-refractivity contribution is 1.41. The summed E-state index contributed by atoms with van der Waals surface area (Å²) < 4.78 is 0. The number of thiol groups is 1. The molecule has 0 N–H and O–H groups in total. The minimum Gasteiger partial charge on any atom is -0.236 e.